The molecule has 0 amide bonds. The van der Waals surface area contributed by atoms with Gasteiger partial charge in [0.05, 0.1) is 0 Å². The van der Waals surface area contributed by atoms with Gasteiger partial charge in [0, 0.05) is 37.1 Å². The Balaban J connectivity index is 2.16. The largest absolute Gasteiger partial charge is 0.370 e. The fourth-order valence-electron chi connectivity index (χ4n) is 1.61. The molecule has 0 aliphatic carbocycles. The van der Waals surface area contributed by atoms with Crippen molar-refractivity contribution in [2.24, 2.45) is 5.73 Å². The number of halogens is 1. The molecular formula is C9H12FN3. The van der Waals surface area contributed by atoms with Crippen molar-refractivity contribution in [3.8, 4) is 0 Å². The summed E-state index contributed by atoms with van der Waals surface area (Å²) in [7, 11) is 0. The van der Waals surface area contributed by atoms with Gasteiger partial charge in [-0.1, -0.05) is 0 Å². The Labute approximate surface area is 76.4 Å². The van der Waals surface area contributed by atoms with Gasteiger partial charge in [0.1, 0.15) is 0 Å². The van der Waals surface area contributed by atoms with Crippen LogP contribution in [0.3, 0.4) is 0 Å². The summed E-state index contributed by atoms with van der Waals surface area (Å²) < 4.78 is 12.7. The van der Waals surface area contributed by atoms with Crippen LogP contribution in [0.2, 0.25) is 0 Å². The van der Waals surface area contributed by atoms with Crippen LogP contribution in [0.25, 0.3) is 0 Å². The number of anilines is 1. The third-order valence-electron chi connectivity index (χ3n) is 2.30. The first kappa shape index (κ1) is 8.44. The highest BCUT2D eigenvalue weighted by Crippen LogP contribution is 2.18. The second-order valence-corrected chi connectivity index (χ2v) is 3.33. The number of nitrogens with two attached hydrogens (primary N) is 1. The van der Waals surface area contributed by atoms with E-state index in [0.29, 0.717) is 0 Å². The zero-order valence-electron chi connectivity index (χ0n) is 7.28. The van der Waals surface area contributed by atoms with Gasteiger partial charge in [-0.15, -0.1) is 0 Å². The highest BCUT2D eigenvalue weighted by Gasteiger charge is 2.19. The molecule has 1 atom stereocenters. The number of hydrogen-bond acceptors (Lipinski definition) is 3. The van der Waals surface area contributed by atoms with E-state index in [0.717, 1.165) is 25.2 Å². The third-order valence-corrected chi connectivity index (χ3v) is 2.30. The lowest BCUT2D eigenvalue weighted by molar-refractivity contribution is 0.583. The molecule has 1 aromatic heterocycles. The van der Waals surface area contributed by atoms with Crippen LogP contribution >= 0.6 is 0 Å². The van der Waals surface area contributed by atoms with Crippen molar-refractivity contribution in [1.29, 1.82) is 0 Å². The minimum atomic E-state index is -0.432. The number of hydrogen-bond donors (Lipinski definition) is 1. The summed E-state index contributed by atoms with van der Waals surface area (Å²) in [4.78, 5) is 5.58. The van der Waals surface area contributed by atoms with E-state index in [1.54, 1.807) is 6.07 Å². The highest BCUT2D eigenvalue weighted by atomic mass is 19.1. The number of aromatic nitrogens is 1. The number of pyridine rings is 1. The van der Waals surface area contributed by atoms with E-state index < -0.39 is 5.95 Å². The predicted octanol–water partition coefficient (Wildman–Crippen LogP) is 0.758. The lowest BCUT2D eigenvalue weighted by Gasteiger charge is -2.17. The average Bonchev–Trinajstić information content (AvgIpc) is 2.52. The molecule has 0 spiro atoms. The van der Waals surface area contributed by atoms with Gasteiger partial charge >= 0.3 is 0 Å². The maximum Gasteiger partial charge on any atom is 0.214 e. The van der Waals surface area contributed by atoms with Crippen molar-refractivity contribution in [1.82, 2.24) is 4.98 Å². The first-order valence-electron chi connectivity index (χ1n) is 4.38. The molecule has 4 heteroatoms. The normalized spacial score (nSPS) is 22.3. The monoisotopic (exact) mass is 181 g/mol. The molecule has 2 heterocycles. The van der Waals surface area contributed by atoms with Gasteiger partial charge in [0.15, 0.2) is 0 Å². The summed E-state index contributed by atoms with van der Waals surface area (Å²) in [6, 6.07) is 3.47. The van der Waals surface area contributed by atoms with Crippen LogP contribution < -0.4 is 10.6 Å². The molecular weight excluding hydrogens is 169 g/mol. The Morgan fingerprint density at radius 3 is 3.08 bits per heavy atom. The standard InChI is InChI=1S/C9H12FN3/c10-9-5-8(1-3-12-9)13-4-2-7(11)6-13/h1,3,5,7H,2,4,6,11H2/t7-/m1/s1. The molecule has 3 nitrogen and oxygen atoms in total. The molecule has 0 saturated carbocycles. The quantitative estimate of drug-likeness (QED) is 0.650. The van der Waals surface area contributed by atoms with E-state index in [1.807, 2.05) is 0 Å². The average molecular weight is 181 g/mol. The molecule has 1 saturated heterocycles. The van der Waals surface area contributed by atoms with E-state index >= 15 is 0 Å². The van der Waals surface area contributed by atoms with Crippen LogP contribution in [-0.2, 0) is 0 Å². The maximum atomic E-state index is 12.7. The lowest BCUT2D eigenvalue weighted by atomic mass is 10.3. The van der Waals surface area contributed by atoms with Crippen LogP contribution in [0.15, 0.2) is 18.3 Å². The first-order chi connectivity index (χ1) is 6.25. The van der Waals surface area contributed by atoms with E-state index in [9.17, 15) is 4.39 Å². The maximum absolute atomic E-state index is 12.7. The SMILES string of the molecule is N[C@@H]1CCN(c2ccnc(F)c2)C1. The second kappa shape index (κ2) is 3.30. The van der Waals surface area contributed by atoms with Gasteiger partial charge in [0.25, 0.3) is 0 Å². The zero-order chi connectivity index (χ0) is 9.26. The summed E-state index contributed by atoms with van der Waals surface area (Å²) in [6.45, 7) is 1.72. The van der Waals surface area contributed by atoms with Crippen molar-refractivity contribution in [2.75, 3.05) is 18.0 Å². The summed E-state index contributed by atoms with van der Waals surface area (Å²) in [5, 5.41) is 0. The van der Waals surface area contributed by atoms with Crippen LogP contribution in [0.4, 0.5) is 10.1 Å². The summed E-state index contributed by atoms with van der Waals surface area (Å²) in [5.74, 6) is -0.432. The molecule has 0 aromatic carbocycles. The van der Waals surface area contributed by atoms with Crippen molar-refractivity contribution in [3.63, 3.8) is 0 Å². The summed E-state index contributed by atoms with van der Waals surface area (Å²) in [6.07, 6.45) is 2.46. The molecule has 1 aliphatic heterocycles. The predicted molar refractivity (Wildman–Crippen MR) is 49.0 cm³/mol. The van der Waals surface area contributed by atoms with Crippen LogP contribution in [0.5, 0.6) is 0 Å². The molecule has 1 aromatic rings. The minimum Gasteiger partial charge on any atom is -0.370 e. The summed E-state index contributed by atoms with van der Waals surface area (Å²) in [5.41, 5.74) is 6.62. The Morgan fingerprint density at radius 1 is 1.62 bits per heavy atom. The van der Waals surface area contributed by atoms with Gasteiger partial charge < -0.3 is 10.6 Å². The topological polar surface area (TPSA) is 42.1 Å². The van der Waals surface area contributed by atoms with Gasteiger partial charge in [-0.2, -0.15) is 4.39 Å². The van der Waals surface area contributed by atoms with Crippen molar-refractivity contribution in [3.05, 3.63) is 24.3 Å². The van der Waals surface area contributed by atoms with E-state index in [4.69, 9.17) is 5.73 Å². The zero-order valence-corrected chi connectivity index (χ0v) is 7.28. The molecule has 2 rings (SSSR count). The van der Waals surface area contributed by atoms with Gasteiger partial charge in [0.2, 0.25) is 5.95 Å². The third kappa shape index (κ3) is 1.78. The fraction of sp³-hybridized carbons (Fsp3) is 0.444. The second-order valence-electron chi connectivity index (χ2n) is 3.33. The highest BCUT2D eigenvalue weighted by molar-refractivity contribution is 5.46. The van der Waals surface area contributed by atoms with E-state index in [1.165, 1.54) is 12.3 Å². The molecule has 70 valence electrons. The molecule has 0 bridgehead atoms. The molecule has 0 radical (unpaired) electrons. The van der Waals surface area contributed by atoms with Crippen LogP contribution in [0.1, 0.15) is 6.42 Å². The van der Waals surface area contributed by atoms with Crippen molar-refractivity contribution in [2.45, 2.75) is 12.5 Å². The van der Waals surface area contributed by atoms with Gasteiger partial charge in [-0.3, -0.25) is 0 Å². The first-order valence-corrected chi connectivity index (χ1v) is 4.38. The number of rotatable bonds is 1. The lowest BCUT2D eigenvalue weighted by Crippen LogP contribution is -2.26. The Hall–Kier alpha value is -1.16. The van der Waals surface area contributed by atoms with E-state index in [2.05, 4.69) is 9.88 Å². The Morgan fingerprint density at radius 2 is 2.46 bits per heavy atom. The Kier molecular flexibility index (Phi) is 2.14. The fourth-order valence-corrected chi connectivity index (χ4v) is 1.61. The number of nitrogens with zero attached hydrogens (tertiary/aromatic N) is 2. The molecule has 13 heavy (non-hydrogen) atoms. The van der Waals surface area contributed by atoms with Crippen molar-refractivity contribution < 1.29 is 4.39 Å². The smallest absolute Gasteiger partial charge is 0.214 e. The van der Waals surface area contributed by atoms with Gasteiger partial charge in [-0.05, 0) is 12.5 Å². The minimum absolute atomic E-state index is 0.219. The van der Waals surface area contributed by atoms with E-state index in [-0.39, 0.29) is 6.04 Å². The Bertz CT molecular complexity index is 303. The molecule has 0 unspecified atom stereocenters. The molecule has 1 fully saturated rings. The summed E-state index contributed by atoms with van der Waals surface area (Å²) >= 11 is 0. The van der Waals surface area contributed by atoms with Crippen molar-refractivity contribution >= 4 is 5.69 Å². The van der Waals surface area contributed by atoms with Crippen LogP contribution in [-0.4, -0.2) is 24.1 Å². The molecule has 1 aliphatic rings. The van der Waals surface area contributed by atoms with Crippen LogP contribution in [0, 0.1) is 5.95 Å². The molecule has 2 N–H and O–H groups in total. The van der Waals surface area contributed by atoms with Gasteiger partial charge in [-0.25, -0.2) is 4.98 Å².